The molecule has 0 saturated carbocycles. The summed E-state index contributed by atoms with van der Waals surface area (Å²) in [5.74, 6) is -4.87. The van der Waals surface area contributed by atoms with E-state index < -0.39 is 33.2 Å². The lowest BCUT2D eigenvalue weighted by molar-refractivity contribution is -0.118. The molecule has 1 amide bonds. The predicted octanol–water partition coefficient (Wildman–Crippen LogP) is 2.81. The van der Waals surface area contributed by atoms with Gasteiger partial charge in [-0.05, 0) is 42.3 Å². The first kappa shape index (κ1) is 17.3. The van der Waals surface area contributed by atoms with Crippen molar-refractivity contribution in [1.29, 1.82) is 0 Å². The molecule has 0 radical (unpaired) electrons. The SMILES string of the molecule is CN1C(=O)CCc2cc(S(=O)(=O)Nc3ccc(F)c(F)c3F)ccc21. The summed E-state index contributed by atoms with van der Waals surface area (Å²) in [6, 6.07) is 5.54. The average Bonchev–Trinajstić information content (AvgIpc) is 2.58. The van der Waals surface area contributed by atoms with Gasteiger partial charge in [-0.2, -0.15) is 0 Å². The van der Waals surface area contributed by atoms with Crippen molar-refractivity contribution in [1.82, 2.24) is 0 Å². The fourth-order valence-corrected chi connectivity index (χ4v) is 3.72. The third-order valence-electron chi connectivity index (χ3n) is 3.98. The molecule has 0 aromatic heterocycles. The molecule has 0 aliphatic carbocycles. The third-order valence-corrected chi connectivity index (χ3v) is 5.35. The van der Waals surface area contributed by atoms with Crippen molar-refractivity contribution in [3.05, 3.63) is 53.3 Å². The number of anilines is 2. The Morgan fingerprint density at radius 2 is 1.76 bits per heavy atom. The molecule has 1 heterocycles. The summed E-state index contributed by atoms with van der Waals surface area (Å²) < 4.78 is 66.6. The Balaban J connectivity index is 1.96. The van der Waals surface area contributed by atoms with E-state index in [2.05, 4.69) is 0 Å². The van der Waals surface area contributed by atoms with Crippen molar-refractivity contribution in [3.63, 3.8) is 0 Å². The molecule has 25 heavy (non-hydrogen) atoms. The molecular weight excluding hydrogens is 357 g/mol. The van der Waals surface area contributed by atoms with Crippen LogP contribution < -0.4 is 9.62 Å². The van der Waals surface area contributed by atoms with Crippen LogP contribution >= 0.6 is 0 Å². The van der Waals surface area contributed by atoms with Gasteiger partial charge in [0.25, 0.3) is 10.0 Å². The number of sulfonamides is 1. The Kier molecular flexibility index (Phi) is 4.19. The quantitative estimate of drug-likeness (QED) is 0.845. The highest BCUT2D eigenvalue weighted by atomic mass is 32.2. The summed E-state index contributed by atoms with van der Waals surface area (Å²) in [5.41, 5.74) is 0.550. The molecule has 1 aliphatic rings. The van der Waals surface area contributed by atoms with Gasteiger partial charge in [-0.1, -0.05) is 0 Å². The third kappa shape index (κ3) is 3.07. The molecule has 0 bridgehead atoms. The fraction of sp³-hybridized carbons (Fsp3) is 0.188. The zero-order chi connectivity index (χ0) is 18.4. The van der Waals surface area contributed by atoms with E-state index in [4.69, 9.17) is 0 Å². The van der Waals surface area contributed by atoms with E-state index in [1.54, 1.807) is 7.05 Å². The van der Waals surface area contributed by atoms with Gasteiger partial charge in [-0.25, -0.2) is 21.6 Å². The van der Waals surface area contributed by atoms with E-state index in [9.17, 15) is 26.4 Å². The number of fused-ring (bicyclic) bond motifs is 1. The van der Waals surface area contributed by atoms with Crippen LogP contribution in [0.4, 0.5) is 24.5 Å². The van der Waals surface area contributed by atoms with Gasteiger partial charge < -0.3 is 4.90 Å². The van der Waals surface area contributed by atoms with Crippen LogP contribution in [0, 0.1) is 17.5 Å². The Labute approximate surface area is 142 Å². The van der Waals surface area contributed by atoms with E-state index in [0.717, 1.165) is 6.07 Å². The Hall–Kier alpha value is -2.55. The minimum absolute atomic E-state index is 0.0786. The molecule has 5 nitrogen and oxygen atoms in total. The van der Waals surface area contributed by atoms with Gasteiger partial charge in [0.05, 0.1) is 10.6 Å². The zero-order valence-electron chi connectivity index (χ0n) is 13.0. The number of nitrogens with one attached hydrogen (secondary N) is 1. The van der Waals surface area contributed by atoms with Crippen LogP contribution in [-0.4, -0.2) is 21.4 Å². The maximum Gasteiger partial charge on any atom is 0.261 e. The summed E-state index contributed by atoms with van der Waals surface area (Å²) in [6.45, 7) is 0. The number of carbonyl (C=O) groups excluding carboxylic acids is 1. The first-order valence-corrected chi connectivity index (χ1v) is 8.75. The van der Waals surface area contributed by atoms with Crippen molar-refractivity contribution < 1.29 is 26.4 Å². The van der Waals surface area contributed by atoms with Gasteiger partial charge in [0, 0.05) is 19.2 Å². The minimum atomic E-state index is -4.21. The van der Waals surface area contributed by atoms with Gasteiger partial charge in [-0.3, -0.25) is 9.52 Å². The molecule has 1 N–H and O–H groups in total. The van der Waals surface area contributed by atoms with Gasteiger partial charge in [-0.15, -0.1) is 0 Å². The standard InChI is InChI=1S/C16H13F3N2O3S/c1-21-13-6-3-10(8-9(13)2-7-14(21)22)25(23,24)20-12-5-4-11(17)15(18)16(12)19/h3-6,8,20H,2,7H2,1H3. The molecule has 3 rings (SSSR count). The van der Waals surface area contributed by atoms with Crippen molar-refractivity contribution in [3.8, 4) is 0 Å². The summed E-state index contributed by atoms with van der Waals surface area (Å²) in [7, 11) is -2.63. The lowest BCUT2D eigenvalue weighted by Gasteiger charge is -2.26. The van der Waals surface area contributed by atoms with Crippen LogP contribution in [0.5, 0.6) is 0 Å². The van der Waals surface area contributed by atoms with Crippen molar-refractivity contribution >= 4 is 27.3 Å². The minimum Gasteiger partial charge on any atom is -0.315 e. The van der Waals surface area contributed by atoms with E-state index in [0.29, 0.717) is 23.7 Å². The predicted molar refractivity (Wildman–Crippen MR) is 85.3 cm³/mol. The van der Waals surface area contributed by atoms with Crippen molar-refractivity contribution in [2.45, 2.75) is 17.7 Å². The highest BCUT2D eigenvalue weighted by Gasteiger charge is 2.25. The first-order valence-electron chi connectivity index (χ1n) is 7.26. The first-order chi connectivity index (χ1) is 11.7. The number of nitrogens with zero attached hydrogens (tertiary/aromatic N) is 1. The largest absolute Gasteiger partial charge is 0.315 e. The summed E-state index contributed by atoms with van der Waals surface area (Å²) in [4.78, 5) is 12.9. The lowest BCUT2D eigenvalue weighted by atomic mass is 10.0. The molecule has 9 heteroatoms. The van der Waals surface area contributed by atoms with Crippen LogP contribution in [0.1, 0.15) is 12.0 Å². The lowest BCUT2D eigenvalue weighted by Crippen LogP contribution is -2.31. The van der Waals surface area contributed by atoms with E-state index in [1.807, 2.05) is 4.72 Å². The molecule has 1 aliphatic heterocycles. The molecule has 0 unspecified atom stereocenters. The van der Waals surface area contributed by atoms with Gasteiger partial charge in [0.2, 0.25) is 5.91 Å². The van der Waals surface area contributed by atoms with Crippen LogP contribution in [0.3, 0.4) is 0 Å². The number of hydrogen-bond acceptors (Lipinski definition) is 3. The highest BCUT2D eigenvalue weighted by molar-refractivity contribution is 7.92. The molecule has 132 valence electrons. The number of hydrogen-bond donors (Lipinski definition) is 1. The number of carbonyl (C=O) groups is 1. The van der Waals surface area contributed by atoms with Gasteiger partial charge in [0.15, 0.2) is 17.5 Å². The smallest absolute Gasteiger partial charge is 0.261 e. The number of halogens is 3. The van der Waals surface area contributed by atoms with E-state index in [1.165, 1.54) is 23.1 Å². The Morgan fingerprint density at radius 3 is 2.48 bits per heavy atom. The van der Waals surface area contributed by atoms with Crippen LogP contribution in [0.15, 0.2) is 35.2 Å². The van der Waals surface area contributed by atoms with Crippen molar-refractivity contribution in [2.24, 2.45) is 0 Å². The maximum atomic E-state index is 13.7. The van der Waals surface area contributed by atoms with Crippen molar-refractivity contribution in [2.75, 3.05) is 16.7 Å². The average molecular weight is 370 g/mol. The molecule has 0 atom stereocenters. The topological polar surface area (TPSA) is 66.5 Å². The van der Waals surface area contributed by atoms with Crippen LogP contribution in [0.2, 0.25) is 0 Å². The number of rotatable bonds is 3. The van der Waals surface area contributed by atoms with E-state index in [-0.39, 0.29) is 17.2 Å². The molecule has 0 spiro atoms. The van der Waals surface area contributed by atoms with E-state index >= 15 is 0 Å². The molecule has 0 saturated heterocycles. The molecule has 0 fully saturated rings. The number of benzene rings is 2. The zero-order valence-corrected chi connectivity index (χ0v) is 13.8. The number of aryl methyl sites for hydroxylation is 1. The Bertz CT molecular complexity index is 977. The van der Waals surface area contributed by atoms with Crippen LogP contribution in [0.25, 0.3) is 0 Å². The van der Waals surface area contributed by atoms with Crippen LogP contribution in [-0.2, 0) is 21.2 Å². The van der Waals surface area contributed by atoms with Gasteiger partial charge in [0.1, 0.15) is 0 Å². The number of amides is 1. The second kappa shape index (κ2) is 6.07. The monoisotopic (exact) mass is 370 g/mol. The summed E-state index contributed by atoms with van der Waals surface area (Å²) in [5, 5.41) is 0. The maximum absolute atomic E-state index is 13.7. The second-order valence-corrected chi connectivity index (χ2v) is 7.25. The summed E-state index contributed by atoms with van der Waals surface area (Å²) in [6.07, 6.45) is 0.625. The normalized spacial score (nSPS) is 14.4. The summed E-state index contributed by atoms with van der Waals surface area (Å²) >= 11 is 0. The second-order valence-electron chi connectivity index (χ2n) is 5.57. The Morgan fingerprint density at radius 1 is 1.04 bits per heavy atom. The molecular formula is C16H13F3N2O3S. The van der Waals surface area contributed by atoms with Gasteiger partial charge >= 0.3 is 0 Å². The highest BCUT2D eigenvalue weighted by Crippen LogP contribution is 2.30. The molecule has 2 aromatic carbocycles. The molecule has 2 aromatic rings. The fourth-order valence-electron chi connectivity index (χ4n) is 2.61.